The molecule has 1 aromatic heterocycles. The predicted octanol–water partition coefficient (Wildman–Crippen LogP) is 3.14. The molecule has 0 atom stereocenters. The molecule has 0 radical (unpaired) electrons. The third-order valence-corrected chi connectivity index (χ3v) is 2.60. The highest BCUT2D eigenvalue weighted by Gasteiger charge is 2.04. The van der Waals surface area contributed by atoms with E-state index in [0.717, 1.165) is 0 Å². The number of halogens is 2. The number of nitrogens with zero attached hydrogens (tertiary/aromatic N) is 1. The molecule has 0 amide bonds. The van der Waals surface area contributed by atoms with Gasteiger partial charge in [0.15, 0.2) is 11.6 Å². The largest absolute Gasteiger partial charge is 0.484 e. The van der Waals surface area contributed by atoms with Crippen molar-refractivity contribution in [2.24, 2.45) is 0 Å². The molecule has 0 aliphatic heterocycles. The van der Waals surface area contributed by atoms with Gasteiger partial charge in [-0.05, 0) is 30.3 Å². The van der Waals surface area contributed by atoms with Gasteiger partial charge >= 0.3 is 0 Å². The van der Waals surface area contributed by atoms with E-state index in [2.05, 4.69) is 20.9 Å². The molecule has 0 saturated carbocycles. The summed E-state index contributed by atoms with van der Waals surface area (Å²) in [5, 5.41) is 0. The van der Waals surface area contributed by atoms with Crippen molar-refractivity contribution in [2.45, 2.75) is 6.61 Å². The average Bonchev–Trinajstić information content (AvgIpc) is 2.28. The first-order valence-electron chi connectivity index (χ1n) is 4.93. The van der Waals surface area contributed by atoms with Gasteiger partial charge in [-0.3, -0.25) is 4.98 Å². The molecular weight excluding hydrogens is 287 g/mol. The summed E-state index contributed by atoms with van der Waals surface area (Å²) >= 11 is 3.18. The average molecular weight is 297 g/mol. The second-order valence-corrected chi connectivity index (χ2v) is 4.36. The summed E-state index contributed by atoms with van der Waals surface area (Å²) in [6.45, 7) is 0.184. The summed E-state index contributed by atoms with van der Waals surface area (Å²) in [6, 6.07) is 8.00. The van der Waals surface area contributed by atoms with E-state index in [-0.39, 0.29) is 12.4 Å². The van der Waals surface area contributed by atoms with Gasteiger partial charge in [0.25, 0.3) is 0 Å². The van der Waals surface area contributed by atoms with Gasteiger partial charge < -0.3 is 10.5 Å². The summed E-state index contributed by atoms with van der Waals surface area (Å²) in [6.07, 6.45) is 1.59. The highest BCUT2D eigenvalue weighted by molar-refractivity contribution is 9.10. The van der Waals surface area contributed by atoms with Crippen LogP contribution in [0.15, 0.2) is 41.0 Å². The standard InChI is InChI=1S/C12H10BrFN2O/c13-8-1-2-12(11(14)5-8)17-7-10-6-9(15)3-4-16-10/h1-6H,7H2,(H2,15,16). The quantitative estimate of drug-likeness (QED) is 0.946. The molecule has 0 bridgehead atoms. The lowest BCUT2D eigenvalue weighted by Gasteiger charge is -2.07. The molecule has 5 heteroatoms. The maximum Gasteiger partial charge on any atom is 0.166 e. The lowest BCUT2D eigenvalue weighted by atomic mass is 10.3. The van der Waals surface area contributed by atoms with E-state index in [1.165, 1.54) is 6.07 Å². The van der Waals surface area contributed by atoms with Crippen LogP contribution in [-0.4, -0.2) is 4.98 Å². The predicted molar refractivity (Wildman–Crippen MR) is 67.1 cm³/mol. The van der Waals surface area contributed by atoms with Crippen LogP contribution in [0.25, 0.3) is 0 Å². The van der Waals surface area contributed by atoms with Crippen molar-refractivity contribution >= 4 is 21.6 Å². The number of anilines is 1. The van der Waals surface area contributed by atoms with Crippen LogP contribution in [0.1, 0.15) is 5.69 Å². The molecular formula is C12H10BrFN2O. The van der Waals surface area contributed by atoms with Crippen molar-refractivity contribution in [1.29, 1.82) is 0 Å². The number of aromatic nitrogens is 1. The van der Waals surface area contributed by atoms with Gasteiger partial charge in [0.1, 0.15) is 6.61 Å². The first-order chi connectivity index (χ1) is 8.15. The van der Waals surface area contributed by atoms with Crippen molar-refractivity contribution in [3.63, 3.8) is 0 Å². The van der Waals surface area contributed by atoms with E-state index >= 15 is 0 Å². The van der Waals surface area contributed by atoms with E-state index < -0.39 is 5.82 Å². The van der Waals surface area contributed by atoms with Crippen LogP contribution in [-0.2, 0) is 6.61 Å². The molecule has 0 saturated heterocycles. The maximum absolute atomic E-state index is 13.4. The van der Waals surface area contributed by atoms with Crippen LogP contribution >= 0.6 is 15.9 Å². The summed E-state index contributed by atoms with van der Waals surface area (Å²) in [5.41, 5.74) is 6.87. The minimum atomic E-state index is -0.414. The van der Waals surface area contributed by atoms with E-state index in [1.807, 2.05) is 0 Å². The van der Waals surface area contributed by atoms with Gasteiger partial charge in [-0.2, -0.15) is 0 Å². The van der Waals surface area contributed by atoms with Crippen molar-refractivity contribution < 1.29 is 9.13 Å². The van der Waals surface area contributed by atoms with Crippen LogP contribution in [0, 0.1) is 5.82 Å². The minimum Gasteiger partial charge on any atom is -0.484 e. The highest BCUT2D eigenvalue weighted by Crippen LogP contribution is 2.22. The fraction of sp³-hybridized carbons (Fsp3) is 0.0833. The number of nitrogens with two attached hydrogens (primary N) is 1. The monoisotopic (exact) mass is 296 g/mol. The molecule has 0 fully saturated rings. The second kappa shape index (κ2) is 5.14. The van der Waals surface area contributed by atoms with Crippen LogP contribution in [0.2, 0.25) is 0 Å². The molecule has 0 unspecified atom stereocenters. The Bertz CT molecular complexity index is 534. The number of benzene rings is 1. The number of nitrogen functional groups attached to an aromatic ring is 1. The normalized spacial score (nSPS) is 10.2. The molecule has 0 spiro atoms. The Labute approximate surface area is 107 Å². The maximum atomic E-state index is 13.4. The zero-order valence-corrected chi connectivity index (χ0v) is 10.4. The molecule has 0 aliphatic carbocycles. The van der Waals surface area contributed by atoms with Crippen molar-refractivity contribution in [3.8, 4) is 5.75 Å². The van der Waals surface area contributed by atoms with E-state index in [0.29, 0.717) is 15.9 Å². The summed E-state index contributed by atoms with van der Waals surface area (Å²) in [4.78, 5) is 4.07. The van der Waals surface area contributed by atoms with E-state index in [4.69, 9.17) is 10.5 Å². The van der Waals surface area contributed by atoms with Gasteiger partial charge in [0.05, 0.1) is 5.69 Å². The van der Waals surface area contributed by atoms with Crippen LogP contribution in [0.4, 0.5) is 10.1 Å². The van der Waals surface area contributed by atoms with Gasteiger partial charge in [-0.15, -0.1) is 0 Å². The Balaban J connectivity index is 2.07. The Kier molecular flexibility index (Phi) is 3.58. The van der Waals surface area contributed by atoms with Gasteiger partial charge in [-0.1, -0.05) is 15.9 Å². The summed E-state index contributed by atoms with van der Waals surface area (Å²) in [5.74, 6) is -0.222. The van der Waals surface area contributed by atoms with Crippen LogP contribution < -0.4 is 10.5 Å². The van der Waals surface area contributed by atoms with Crippen LogP contribution in [0.5, 0.6) is 5.75 Å². The molecule has 17 heavy (non-hydrogen) atoms. The van der Waals surface area contributed by atoms with Gasteiger partial charge in [0.2, 0.25) is 0 Å². The van der Waals surface area contributed by atoms with Gasteiger partial charge in [0, 0.05) is 16.4 Å². The minimum absolute atomic E-state index is 0.184. The first-order valence-corrected chi connectivity index (χ1v) is 5.73. The molecule has 88 valence electrons. The Morgan fingerprint density at radius 3 is 2.82 bits per heavy atom. The highest BCUT2D eigenvalue weighted by atomic mass is 79.9. The number of rotatable bonds is 3. The number of hydrogen-bond donors (Lipinski definition) is 1. The van der Waals surface area contributed by atoms with E-state index in [9.17, 15) is 4.39 Å². The molecule has 3 nitrogen and oxygen atoms in total. The second-order valence-electron chi connectivity index (χ2n) is 3.44. The van der Waals surface area contributed by atoms with E-state index in [1.54, 1.807) is 30.5 Å². The third kappa shape index (κ3) is 3.17. The van der Waals surface area contributed by atoms with Crippen molar-refractivity contribution in [3.05, 3.63) is 52.5 Å². The Morgan fingerprint density at radius 1 is 1.29 bits per heavy atom. The molecule has 2 N–H and O–H groups in total. The number of hydrogen-bond acceptors (Lipinski definition) is 3. The Morgan fingerprint density at radius 2 is 2.12 bits per heavy atom. The molecule has 1 heterocycles. The number of pyridine rings is 1. The lowest BCUT2D eigenvalue weighted by molar-refractivity contribution is 0.286. The zero-order valence-electron chi connectivity index (χ0n) is 8.86. The lowest BCUT2D eigenvalue weighted by Crippen LogP contribution is -2.00. The molecule has 0 aliphatic rings. The fourth-order valence-electron chi connectivity index (χ4n) is 1.32. The first kappa shape index (κ1) is 11.9. The topological polar surface area (TPSA) is 48.1 Å². The van der Waals surface area contributed by atoms with Crippen LogP contribution in [0.3, 0.4) is 0 Å². The molecule has 2 rings (SSSR count). The SMILES string of the molecule is Nc1ccnc(COc2ccc(Br)cc2F)c1. The third-order valence-electron chi connectivity index (χ3n) is 2.11. The van der Waals surface area contributed by atoms with Crippen molar-refractivity contribution in [2.75, 3.05) is 5.73 Å². The summed E-state index contributed by atoms with van der Waals surface area (Å²) in [7, 11) is 0. The van der Waals surface area contributed by atoms with Crippen molar-refractivity contribution in [1.82, 2.24) is 4.98 Å². The Hall–Kier alpha value is -1.62. The smallest absolute Gasteiger partial charge is 0.166 e. The van der Waals surface area contributed by atoms with Gasteiger partial charge in [-0.25, -0.2) is 4.39 Å². The fourth-order valence-corrected chi connectivity index (χ4v) is 1.65. The zero-order chi connectivity index (χ0) is 12.3. The number of ether oxygens (including phenoxy) is 1. The molecule has 2 aromatic rings. The molecule has 1 aromatic carbocycles. The summed E-state index contributed by atoms with van der Waals surface area (Å²) < 4.78 is 19.4.